The third-order valence-corrected chi connectivity index (χ3v) is 2.47. The Kier molecular flexibility index (Phi) is 3.25. The van der Waals surface area contributed by atoms with Gasteiger partial charge >= 0.3 is 6.09 Å². The van der Waals surface area contributed by atoms with E-state index in [0.29, 0.717) is 13.1 Å². The van der Waals surface area contributed by atoms with E-state index in [2.05, 4.69) is 5.32 Å². The highest BCUT2D eigenvalue weighted by Gasteiger charge is 2.45. The SMILES string of the molecule is CNC1(CO)CN(C(=O)OC(C)(C)C)C1. The monoisotopic (exact) mass is 216 g/mol. The van der Waals surface area contributed by atoms with E-state index >= 15 is 0 Å². The number of likely N-dealkylation sites (tertiary alicyclic amines) is 1. The summed E-state index contributed by atoms with van der Waals surface area (Å²) in [5.74, 6) is 0. The van der Waals surface area contributed by atoms with E-state index in [1.54, 1.807) is 11.9 Å². The number of likely N-dealkylation sites (N-methyl/N-ethyl adjacent to an activating group) is 1. The lowest BCUT2D eigenvalue weighted by atomic mass is 9.91. The molecule has 0 atom stereocenters. The minimum Gasteiger partial charge on any atom is -0.444 e. The average Bonchev–Trinajstić information content (AvgIpc) is 2.00. The second kappa shape index (κ2) is 3.98. The van der Waals surface area contributed by atoms with Gasteiger partial charge in [0.1, 0.15) is 5.60 Å². The van der Waals surface area contributed by atoms with Gasteiger partial charge in [-0.25, -0.2) is 4.79 Å². The molecule has 0 radical (unpaired) electrons. The molecule has 1 aliphatic heterocycles. The van der Waals surface area contributed by atoms with Crippen LogP contribution < -0.4 is 5.32 Å². The van der Waals surface area contributed by atoms with Gasteiger partial charge in [-0.3, -0.25) is 0 Å². The summed E-state index contributed by atoms with van der Waals surface area (Å²) in [4.78, 5) is 13.1. The Morgan fingerprint density at radius 3 is 2.40 bits per heavy atom. The highest BCUT2D eigenvalue weighted by molar-refractivity contribution is 5.69. The van der Waals surface area contributed by atoms with Crippen LogP contribution in [0.2, 0.25) is 0 Å². The zero-order valence-electron chi connectivity index (χ0n) is 9.83. The molecular formula is C10H20N2O3. The second-order valence-electron chi connectivity index (χ2n) is 5.02. The minimum absolute atomic E-state index is 0.0306. The predicted molar refractivity (Wildman–Crippen MR) is 56.7 cm³/mol. The van der Waals surface area contributed by atoms with Gasteiger partial charge in [-0.05, 0) is 27.8 Å². The summed E-state index contributed by atoms with van der Waals surface area (Å²) in [6.45, 7) is 6.53. The molecule has 1 fully saturated rings. The van der Waals surface area contributed by atoms with Crippen molar-refractivity contribution in [3.05, 3.63) is 0 Å². The van der Waals surface area contributed by atoms with E-state index in [9.17, 15) is 4.79 Å². The number of aliphatic hydroxyl groups is 1. The quantitative estimate of drug-likeness (QED) is 0.691. The highest BCUT2D eigenvalue weighted by Crippen LogP contribution is 2.22. The van der Waals surface area contributed by atoms with Crippen LogP contribution in [0.5, 0.6) is 0 Å². The van der Waals surface area contributed by atoms with Gasteiger partial charge < -0.3 is 20.1 Å². The van der Waals surface area contributed by atoms with Gasteiger partial charge in [0.25, 0.3) is 0 Å². The fourth-order valence-corrected chi connectivity index (χ4v) is 1.48. The van der Waals surface area contributed by atoms with Crippen LogP contribution in [0, 0.1) is 0 Å². The summed E-state index contributed by atoms with van der Waals surface area (Å²) in [5, 5.41) is 12.1. The number of ether oxygens (including phenoxy) is 1. The van der Waals surface area contributed by atoms with E-state index in [1.165, 1.54) is 0 Å². The lowest BCUT2D eigenvalue weighted by molar-refractivity contribution is -0.0290. The summed E-state index contributed by atoms with van der Waals surface area (Å²) in [5.41, 5.74) is -0.801. The number of nitrogens with zero attached hydrogens (tertiary/aromatic N) is 1. The van der Waals surface area contributed by atoms with Crippen molar-refractivity contribution in [1.82, 2.24) is 10.2 Å². The van der Waals surface area contributed by atoms with E-state index in [-0.39, 0.29) is 18.2 Å². The molecule has 1 amide bonds. The molecule has 2 N–H and O–H groups in total. The smallest absolute Gasteiger partial charge is 0.410 e. The lowest BCUT2D eigenvalue weighted by Gasteiger charge is -2.48. The molecule has 15 heavy (non-hydrogen) atoms. The topological polar surface area (TPSA) is 61.8 Å². The molecule has 0 bridgehead atoms. The second-order valence-corrected chi connectivity index (χ2v) is 5.02. The van der Waals surface area contributed by atoms with Gasteiger partial charge in [-0.15, -0.1) is 0 Å². The summed E-state index contributed by atoms with van der Waals surface area (Å²) in [6.07, 6.45) is -0.318. The molecular weight excluding hydrogens is 196 g/mol. The van der Waals surface area contributed by atoms with Gasteiger partial charge in [0, 0.05) is 13.1 Å². The van der Waals surface area contributed by atoms with Gasteiger partial charge in [-0.2, -0.15) is 0 Å². The molecule has 0 aliphatic carbocycles. The molecule has 0 saturated carbocycles. The molecule has 0 aromatic heterocycles. The summed E-state index contributed by atoms with van der Waals surface area (Å²) >= 11 is 0. The van der Waals surface area contributed by atoms with Crippen LogP contribution in [0.4, 0.5) is 4.79 Å². The average molecular weight is 216 g/mol. The number of aliphatic hydroxyl groups excluding tert-OH is 1. The first-order valence-corrected chi connectivity index (χ1v) is 5.10. The summed E-state index contributed by atoms with van der Waals surface area (Å²) in [6, 6.07) is 0. The lowest BCUT2D eigenvalue weighted by Crippen LogP contribution is -2.71. The van der Waals surface area contributed by atoms with E-state index in [0.717, 1.165) is 0 Å². The van der Waals surface area contributed by atoms with Crippen molar-refractivity contribution >= 4 is 6.09 Å². The molecule has 1 rings (SSSR count). The number of amides is 1. The van der Waals surface area contributed by atoms with Crippen molar-refractivity contribution in [3.63, 3.8) is 0 Å². The van der Waals surface area contributed by atoms with Crippen molar-refractivity contribution < 1.29 is 14.6 Å². The Balaban J connectivity index is 2.42. The predicted octanol–water partition coefficient (Wildman–Crippen LogP) is 0.188. The Bertz CT molecular complexity index is 236. The molecule has 0 aromatic carbocycles. The number of carbonyl (C=O) groups excluding carboxylic acids is 1. The van der Waals surface area contributed by atoms with Crippen molar-refractivity contribution in [2.24, 2.45) is 0 Å². The summed E-state index contributed by atoms with van der Waals surface area (Å²) in [7, 11) is 1.78. The molecule has 0 unspecified atom stereocenters. The third-order valence-electron chi connectivity index (χ3n) is 2.47. The first-order chi connectivity index (χ1) is 6.82. The van der Waals surface area contributed by atoms with Crippen molar-refractivity contribution in [1.29, 1.82) is 0 Å². The van der Waals surface area contributed by atoms with E-state index in [1.807, 2.05) is 20.8 Å². The molecule has 88 valence electrons. The van der Waals surface area contributed by atoms with Crippen LogP contribution in [-0.2, 0) is 4.74 Å². The number of rotatable bonds is 2. The molecule has 1 heterocycles. The van der Waals surface area contributed by atoms with Crippen LogP contribution in [0.25, 0.3) is 0 Å². The maximum Gasteiger partial charge on any atom is 0.410 e. The summed E-state index contributed by atoms with van der Waals surface area (Å²) < 4.78 is 5.20. The van der Waals surface area contributed by atoms with Crippen molar-refractivity contribution in [2.45, 2.75) is 31.9 Å². The molecule has 1 saturated heterocycles. The van der Waals surface area contributed by atoms with Crippen LogP contribution in [0.3, 0.4) is 0 Å². The molecule has 0 aromatic rings. The van der Waals surface area contributed by atoms with Gasteiger partial charge in [0.15, 0.2) is 0 Å². The molecule has 5 heteroatoms. The first kappa shape index (κ1) is 12.3. The fraction of sp³-hybridized carbons (Fsp3) is 0.900. The van der Waals surface area contributed by atoms with Gasteiger partial charge in [0.2, 0.25) is 0 Å². The van der Waals surface area contributed by atoms with Gasteiger partial charge in [0.05, 0.1) is 12.1 Å². The zero-order valence-corrected chi connectivity index (χ0v) is 9.83. The molecule has 5 nitrogen and oxygen atoms in total. The van der Waals surface area contributed by atoms with Crippen LogP contribution in [0.1, 0.15) is 20.8 Å². The normalized spacial score (nSPS) is 19.7. The first-order valence-electron chi connectivity index (χ1n) is 5.10. The maximum atomic E-state index is 11.6. The Morgan fingerprint density at radius 1 is 1.53 bits per heavy atom. The Hall–Kier alpha value is -0.810. The molecule has 1 aliphatic rings. The van der Waals surface area contributed by atoms with Crippen LogP contribution >= 0.6 is 0 Å². The standard InChI is InChI=1S/C10H20N2O3/c1-9(2,3)15-8(14)12-5-10(6-12,7-13)11-4/h11,13H,5-7H2,1-4H3. The van der Waals surface area contributed by atoms with Crippen LogP contribution in [0.15, 0.2) is 0 Å². The number of hydrogen-bond acceptors (Lipinski definition) is 4. The number of hydrogen-bond donors (Lipinski definition) is 2. The number of carbonyl (C=O) groups is 1. The van der Waals surface area contributed by atoms with Gasteiger partial charge in [-0.1, -0.05) is 0 Å². The van der Waals surface area contributed by atoms with E-state index in [4.69, 9.17) is 9.84 Å². The maximum absolute atomic E-state index is 11.6. The van der Waals surface area contributed by atoms with Crippen molar-refractivity contribution in [2.75, 3.05) is 26.7 Å². The minimum atomic E-state index is -0.464. The zero-order chi connectivity index (χ0) is 11.7. The third kappa shape index (κ3) is 2.82. The largest absolute Gasteiger partial charge is 0.444 e. The Morgan fingerprint density at radius 2 is 2.07 bits per heavy atom. The molecule has 0 spiro atoms. The van der Waals surface area contributed by atoms with Crippen molar-refractivity contribution in [3.8, 4) is 0 Å². The Labute approximate surface area is 90.4 Å². The van der Waals surface area contributed by atoms with Crippen LogP contribution in [-0.4, -0.2) is 54.0 Å². The van der Waals surface area contributed by atoms with E-state index < -0.39 is 5.60 Å². The fourth-order valence-electron chi connectivity index (χ4n) is 1.48. The highest BCUT2D eigenvalue weighted by atomic mass is 16.6. The number of nitrogens with one attached hydrogen (secondary N) is 1.